The van der Waals surface area contributed by atoms with Crippen molar-refractivity contribution in [2.24, 2.45) is 11.8 Å². The number of esters is 3. The Hall–Kier alpha value is -2.85. The van der Waals surface area contributed by atoms with Gasteiger partial charge in [0.05, 0.1) is 18.1 Å². The van der Waals surface area contributed by atoms with Crippen LogP contribution >= 0.6 is 0 Å². The minimum atomic E-state index is -1.13. The molecular formula is C27H44N2O13. The lowest BCUT2D eigenvalue weighted by molar-refractivity contribution is -0.266. The number of rotatable bonds is 15. The van der Waals surface area contributed by atoms with E-state index in [9.17, 15) is 34.2 Å². The summed E-state index contributed by atoms with van der Waals surface area (Å²) in [6, 6.07) is -1.41. The molecule has 5 unspecified atom stereocenters. The van der Waals surface area contributed by atoms with Gasteiger partial charge in [0.15, 0.2) is 6.29 Å². The smallest absolute Gasteiger partial charge is 0.302 e. The van der Waals surface area contributed by atoms with Crippen molar-refractivity contribution in [1.29, 1.82) is 0 Å². The Kier molecular flexibility index (Phi) is 14.6. The summed E-state index contributed by atoms with van der Waals surface area (Å²) in [7, 11) is 1.44. The Balaban J connectivity index is 2.03. The highest BCUT2D eigenvalue weighted by molar-refractivity contribution is 5.76. The van der Waals surface area contributed by atoms with Gasteiger partial charge in [0.1, 0.15) is 37.6 Å². The molecule has 1 aliphatic carbocycles. The van der Waals surface area contributed by atoms with Crippen molar-refractivity contribution < 1.29 is 62.6 Å². The van der Waals surface area contributed by atoms with E-state index in [0.717, 1.165) is 0 Å². The van der Waals surface area contributed by atoms with E-state index in [-0.39, 0.29) is 44.7 Å². The molecule has 1 heterocycles. The van der Waals surface area contributed by atoms with Gasteiger partial charge < -0.3 is 49.3 Å². The number of ether oxygens (including phenoxy) is 6. The van der Waals surface area contributed by atoms with Crippen LogP contribution in [0.4, 0.5) is 0 Å². The third kappa shape index (κ3) is 10.8. The highest BCUT2D eigenvalue weighted by Gasteiger charge is 2.50. The SMILES string of the molecule is CO[C@@H]1[C@H](O)[C@@H](CO)C[C@H]1NC(=O)CCCCOC1OC(COC(C)=O)C(COC(C)=O)C(OC(C)=O)C1NC(C)=O. The Morgan fingerprint density at radius 1 is 0.905 bits per heavy atom. The largest absolute Gasteiger partial charge is 0.465 e. The maximum Gasteiger partial charge on any atom is 0.302 e. The van der Waals surface area contributed by atoms with Gasteiger partial charge in [-0.3, -0.25) is 24.0 Å². The molecule has 2 rings (SSSR count). The molecule has 0 spiro atoms. The molecule has 0 bridgehead atoms. The number of carbonyl (C=O) groups excluding carboxylic acids is 5. The summed E-state index contributed by atoms with van der Waals surface area (Å²) in [6.45, 7) is 4.29. The van der Waals surface area contributed by atoms with Crippen molar-refractivity contribution in [3.8, 4) is 0 Å². The predicted octanol–water partition coefficient (Wildman–Crippen LogP) is -1.05. The van der Waals surface area contributed by atoms with E-state index < -0.39 is 72.5 Å². The molecule has 9 atom stereocenters. The standard InChI is InChI=1S/C27H44N2O13/c1-14(31)28-23-25(41-17(4)34)19(12-39-15(2)32)21(13-40-16(3)33)42-27(23)38-9-7-6-8-22(35)29-20-10-18(11-30)24(36)26(20)37-5/h18-21,23-27,30,36H,6-13H2,1-5H3,(H,28,31)(H,29,35)/t18-,19?,20-,21?,23?,24-,25?,26+,27?/m1/s1. The third-order valence-electron chi connectivity index (χ3n) is 7.16. The van der Waals surface area contributed by atoms with E-state index in [1.165, 1.54) is 34.8 Å². The number of hydrogen-bond donors (Lipinski definition) is 4. The van der Waals surface area contributed by atoms with E-state index in [0.29, 0.717) is 19.3 Å². The maximum absolute atomic E-state index is 12.5. The summed E-state index contributed by atoms with van der Waals surface area (Å²) in [4.78, 5) is 59.6. The molecule has 15 heteroatoms. The molecule has 1 aliphatic heterocycles. The third-order valence-corrected chi connectivity index (χ3v) is 7.16. The second kappa shape index (κ2) is 17.3. The second-order valence-corrected chi connectivity index (χ2v) is 10.5. The van der Waals surface area contributed by atoms with Crippen molar-refractivity contribution in [2.75, 3.05) is 33.5 Å². The van der Waals surface area contributed by atoms with Gasteiger partial charge in [-0.1, -0.05) is 0 Å². The molecule has 0 aromatic rings. The Labute approximate surface area is 244 Å². The second-order valence-electron chi connectivity index (χ2n) is 10.5. The van der Waals surface area contributed by atoms with Crippen molar-refractivity contribution in [3.05, 3.63) is 0 Å². The number of amides is 2. The maximum atomic E-state index is 12.5. The fraction of sp³-hybridized carbons (Fsp3) is 0.815. The number of unbranched alkanes of at least 4 members (excludes halogenated alkanes) is 1. The molecule has 4 N–H and O–H groups in total. The summed E-state index contributed by atoms with van der Waals surface area (Å²) in [5.41, 5.74) is 0. The van der Waals surface area contributed by atoms with Gasteiger partial charge in [0.2, 0.25) is 11.8 Å². The van der Waals surface area contributed by atoms with E-state index in [2.05, 4.69) is 10.6 Å². The van der Waals surface area contributed by atoms with Crippen LogP contribution in [0.15, 0.2) is 0 Å². The Morgan fingerprint density at radius 2 is 1.57 bits per heavy atom. The first kappa shape index (κ1) is 35.3. The van der Waals surface area contributed by atoms with Crippen LogP contribution in [-0.4, -0.2) is 116 Å². The monoisotopic (exact) mass is 604 g/mol. The molecule has 1 saturated carbocycles. The molecule has 1 saturated heterocycles. The first-order chi connectivity index (χ1) is 19.9. The van der Waals surface area contributed by atoms with Crippen LogP contribution in [0.25, 0.3) is 0 Å². The van der Waals surface area contributed by atoms with Crippen LogP contribution in [0.2, 0.25) is 0 Å². The zero-order chi connectivity index (χ0) is 31.4. The van der Waals surface area contributed by atoms with Crippen molar-refractivity contribution >= 4 is 29.7 Å². The van der Waals surface area contributed by atoms with Gasteiger partial charge in [-0.15, -0.1) is 0 Å². The Bertz CT molecular complexity index is 932. The molecule has 15 nitrogen and oxygen atoms in total. The van der Waals surface area contributed by atoms with Crippen LogP contribution < -0.4 is 10.6 Å². The highest BCUT2D eigenvalue weighted by Crippen LogP contribution is 2.31. The summed E-state index contributed by atoms with van der Waals surface area (Å²) in [5, 5.41) is 25.2. The normalized spacial score (nSPS) is 30.7. The molecule has 42 heavy (non-hydrogen) atoms. The molecule has 0 aromatic heterocycles. The van der Waals surface area contributed by atoms with Crippen LogP contribution in [0.3, 0.4) is 0 Å². The summed E-state index contributed by atoms with van der Waals surface area (Å²) in [5.74, 6) is -3.70. The fourth-order valence-electron chi connectivity index (χ4n) is 5.25. The molecule has 0 radical (unpaired) electrons. The quantitative estimate of drug-likeness (QED) is 0.100. The van der Waals surface area contributed by atoms with E-state index >= 15 is 0 Å². The molecule has 2 aliphatic rings. The molecule has 240 valence electrons. The van der Waals surface area contributed by atoms with Crippen molar-refractivity contribution in [2.45, 2.75) is 96.2 Å². The molecule has 2 amide bonds. The zero-order valence-electron chi connectivity index (χ0n) is 24.7. The van der Waals surface area contributed by atoms with Crippen molar-refractivity contribution in [3.63, 3.8) is 0 Å². The number of nitrogens with one attached hydrogen (secondary N) is 2. The lowest BCUT2D eigenvalue weighted by Crippen LogP contribution is -2.64. The Morgan fingerprint density at radius 3 is 2.14 bits per heavy atom. The van der Waals surface area contributed by atoms with Crippen LogP contribution in [0.1, 0.15) is 53.4 Å². The average Bonchev–Trinajstić information content (AvgIpc) is 3.20. The van der Waals surface area contributed by atoms with Gasteiger partial charge in [0.25, 0.3) is 0 Å². The van der Waals surface area contributed by atoms with Crippen LogP contribution in [0.5, 0.6) is 0 Å². The summed E-state index contributed by atoms with van der Waals surface area (Å²) < 4.78 is 33.1. The number of aliphatic hydroxyl groups excluding tert-OH is 2. The van der Waals surface area contributed by atoms with E-state index in [1.807, 2.05) is 0 Å². The first-order valence-electron chi connectivity index (χ1n) is 14.0. The number of aliphatic hydroxyl groups is 2. The highest BCUT2D eigenvalue weighted by atomic mass is 16.7. The van der Waals surface area contributed by atoms with Gasteiger partial charge in [-0.05, 0) is 19.3 Å². The van der Waals surface area contributed by atoms with Crippen LogP contribution in [0, 0.1) is 11.8 Å². The zero-order valence-corrected chi connectivity index (χ0v) is 24.7. The van der Waals surface area contributed by atoms with Gasteiger partial charge >= 0.3 is 17.9 Å². The van der Waals surface area contributed by atoms with Crippen molar-refractivity contribution in [1.82, 2.24) is 10.6 Å². The summed E-state index contributed by atoms with van der Waals surface area (Å²) >= 11 is 0. The number of carbonyl (C=O) groups is 5. The van der Waals surface area contributed by atoms with Gasteiger partial charge in [-0.25, -0.2) is 0 Å². The van der Waals surface area contributed by atoms with Crippen LogP contribution in [-0.2, 0) is 52.4 Å². The van der Waals surface area contributed by atoms with Gasteiger partial charge in [-0.2, -0.15) is 0 Å². The first-order valence-corrected chi connectivity index (χ1v) is 14.0. The minimum Gasteiger partial charge on any atom is -0.465 e. The lowest BCUT2D eigenvalue weighted by atomic mass is 9.87. The molecular weight excluding hydrogens is 560 g/mol. The summed E-state index contributed by atoms with van der Waals surface area (Å²) in [6.07, 6.45) is -3.16. The number of methoxy groups -OCH3 is 1. The predicted molar refractivity (Wildman–Crippen MR) is 142 cm³/mol. The van der Waals surface area contributed by atoms with Gasteiger partial charge in [0, 0.05) is 60.4 Å². The topological polar surface area (TPSA) is 205 Å². The minimum absolute atomic E-state index is 0.102. The lowest BCUT2D eigenvalue weighted by Gasteiger charge is -2.45. The average molecular weight is 605 g/mol. The molecule has 2 fully saturated rings. The van der Waals surface area contributed by atoms with E-state index in [4.69, 9.17) is 28.4 Å². The van der Waals surface area contributed by atoms with E-state index in [1.54, 1.807) is 0 Å². The number of hydrogen-bond acceptors (Lipinski definition) is 13. The fourth-order valence-corrected chi connectivity index (χ4v) is 5.25. The molecule has 0 aromatic carbocycles.